The van der Waals surface area contributed by atoms with Crippen LogP contribution in [0.25, 0.3) is 0 Å². The molecule has 0 bridgehead atoms. The molecule has 0 fully saturated rings. The molecule has 0 atom stereocenters. The van der Waals surface area contributed by atoms with Gasteiger partial charge in [0.1, 0.15) is 0 Å². The van der Waals surface area contributed by atoms with Crippen molar-refractivity contribution in [3.05, 3.63) is 45.4 Å². The molecule has 0 N–H and O–H groups in total. The Kier molecular flexibility index (Phi) is 4.59. The van der Waals surface area contributed by atoms with E-state index >= 15 is 0 Å². The maximum Gasteiger partial charge on any atom is 0.0239 e. The zero-order chi connectivity index (χ0) is 11.4. The quantitative estimate of drug-likeness (QED) is 0.685. The summed E-state index contributed by atoms with van der Waals surface area (Å²) in [6, 6.07) is 4.48. The third-order valence-corrected chi connectivity index (χ3v) is 3.88. The molecule has 82 valence electrons. The minimum absolute atomic E-state index is 1.07. The number of hydrogen-bond acceptors (Lipinski definition) is 0. The van der Waals surface area contributed by atoms with Crippen molar-refractivity contribution in [2.75, 3.05) is 0 Å². The van der Waals surface area contributed by atoms with Crippen molar-refractivity contribution in [3.63, 3.8) is 0 Å². The van der Waals surface area contributed by atoms with E-state index in [1.54, 1.807) is 0 Å². The van der Waals surface area contributed by atoms with Gasteiger partial charge in [0.2, 0.25) is 0 Å². The molecule has 0 saturated carbocycles. The van der Waals surface area contributed by atoms with E-state index in [0.29, 0.717) is 0 Å². The van der Waals surface area contributed by atoms with Crippen LogP contribution in [0.15, 0.2) is 28.8 Å². The Morgan fingerprint density at radius 2 is 1.93 bits per heavy atom. The van der Waals surface area contributed by atoms with Crippen molar-refractivity contribution in [1.29, 1.82) is 0 Å². The summed E-state index contributed by atoms with van der Waals surface area (Å²) in [4.78, 5) is 0. The highest BCUT2D eigenvalue weighted by molar-refractivity contribution is 9.10. The van der Waals surface area contributed by atoms with Gasteiger partial charge < -0.3 is 0 Å². The molecule has 0 nitrogen and oxygen atoms in total. The van der Waals surface area contributed by atoms with Crippen LogP contribution < -0.4 is 0 Å². The molecule has 0 aliphatic rings. The van der Waals surface area contributed by atoms with Gasteiger partial charge in [0.25, 0.3) is 0 Å². The van der Waals surface area contributed by atoms with Crippen LogP contribution in [0, 0.1) is 6.92 Å². The summed E-state index contributed by atoms with van der Waals surface area (Å²) in [6.45, 7) is 10.4. The van der Waals surface area contributed by atoms with E-state index in [2.05, 4.69) is 55.4 Å². The topological polar surface area (TPSA) is 0 Å². The van der Waals surface area contributed by atoms with Crippen LogP contribution >= 0.6 is 15.9 Å². The molecule has 0 aliphatic carbocycles. The minimum atomic E-state index is 1.07. The van der Waals surface area contributed by atoms with Crippen molar-refractivity contribution in [1.82, 2.24) is 0 Å². The molecule has 0 aliphatic heterocycles. The lowest BCUT2D eigenvalue weighted by Gasteiger charge is -2.11. The Labute approximate surface area is 102 Å². The summed E-state index contributed by atoms with van der Waals surface area (Å²) >= 11 is 3.69. The van der Waals surface area contributed by atoms with Gasteiger partial charge in [-0.05, 0) is 49.8 Å². The number of aryl methyl sites for hydroxylation is 2. The molecule has 0 unspecified atom stereocenters. The predicted octanol–water partition coefficient (Wildman–Crippen LogP) is 4.83. The van der Waals surface area contributed by atoms with Gasteiger partial charge in [0.15, 0.2) is 0 Å². The first kappa shape index (κ1) is 12.5. The third-order valence-electron chi connectivity index (χ3n) is 2.78. The fourth-order valence-corrected chi connectivity index (χ4v) is 2.29. The maximum atomic E-state index is 3.94. The predicted molar refractivity (Wildman–Crippen MR) is 71.4 cm³/mol. The van der Waals surface area contributed by atoms with E-state index in [1.165, 1.54) is 26.7 Å². The highest BCUT2D eigenvalue weighted by Crippen LogP contribution is 2.26. The molecular formula is C14H19Br. The molecule has 1 aromatic carbocycles. The fraction of sp³-hybridized carbons (Fsp3) is 0.429. The van der Waals surface area contributed by atoms with Crippen LogP contribution in [-0.2, 0) is 12.8 Å². The summed E-state index contributed by atoms with van der Waals surface area (Å²) in [5.41, 5.74) is 5.46. The Balaban J connectivity index is 2.91. The van der Waals surface area contributed by atoms with Gasteiger partial charge in [-0.3, -0.25) is 0 Å². The van der Waals surface area contributed by atoms with E-state index in [9.17, 15) is 0 Å². The number of halogens is 1. The van der Waals surface area contributed by atoms with Crippen molar-refractivity contribution < 1.29 is 0 Å². The first-order valence-corrected chi connectivity index (χ1v) is 6.26. The van der Waals surface area contributed by atoms with Crippen LogP contribution in [-0.4, -0.2) is 0 Å². The largest absolute Gasteiger partial charge is 0.100 e. The summed E-state index contributed by atoms with van der Waals surface area (Å²) in [5, 5.41) is 0. The zero-order valence-electron chi connectivity index (χ0n) is 9.86. The molecule has 0 radical (unpaired) electrons. The number of rotatable bonds is 4. The molecule has 0 amide bonds. The van der Waals surface area contributed by atoms with Gasteiger partial charge >= 0.3 is 0 Å². The highest BCUT2D eigenvalue weighted by atomic mass is 79.9. The van der Waals surface area contributed by atoms with E-state index in [-0.39, 0.29) is 0 Å². The Hall–Kier alpha value is -0.560. The minimum Gasteiger partial charge on any atom is -0.100 e. The van der Waals surface area contributed by atoms with Gasteiger partial charge in [-0.25, -0.2) is 0 Å². The van der Waals surface area contributed by atoms with Gasteiger partial charge in [-0.2, -0.15) is 0 Å². The second-order valence-corrected chi connectivity index (χ2v) is 4.93. The molecule has 0 spiro atoms. The fourth-order valence-electron chi connectivity index (χ4n) is 1.71. The van der Waals surface area contributed by atoms with Crippen molar-refractivity contribution in [3.8, 4) is 0 Å². The Morgan fingerprint density at radius 3 is 2.47 bits per heavy atom. The number of allylic oxidation sites excluding steroid dienone is 1. The van der Waals surface area contributed by atoms with Crippen LogP contribution in [0.2, 0.25) is 0 Å². The smallest absolute Gasteiger partial charge is 0.0239 e. The number of benzene rings is 1. The monoisotopic (exact) mass is 266 g/mol. The van der Waals surface area contributed by atoms with Crippen LogP contribution in [0.5, 0.6) is 0 Å². The SMILES string of the molecule is C=C(C)CCc1ccc(CC)c(C)c1Br. The molecule has 0 saturated heterocycles. The Bertz CT molecular complexity index is 364. The summed E-state index contributed by atoms with van der Waals surface area (Å²) in [7, 11) is 0. The average molecular weight is 267 g/mol. The van der Waals surface area contributed by atoms with Gasteiger partial charge in [0, 0.05) is 4.47 Å². The van der Waals surface area contributed by atoms with Gasteiger partial charge in [-0.15, -0.1) is 6.58 Å². The Morgan fingerprint density at radius 1 is 1.33 bits per heavy atom. The van der Waals surface area contributed by atoms with Crippen LogP contribution in [0.1, 0.15) is 37.0 Å². The molecule has 1 rings (SSSR count). The molecular weight excluding hydrogens is 248 g/mol. The molecule has 1 aromatic rings. The second kappa shape index (κ2) is 5.50. The first-order chi connectivity index (χ1) is 7.06. The standard InChI is InChI=1S/C14H19Br/c1-5-12-8-9-13(7-6-10(2)3)14(15)11(12)4/h8-9H,2,5-7H2,1,3-4H3. The van der Waals surface area contributed by atoms with Crippen LogP contribution in [0.4, 0.5) is 0 Å². The maximum absolute atomic E-state index is 3.94. The van der Waals surface area contributed by atoms with E-state index < -0.39 is 0 Å². The average Bonchev–Trinajstić information content (AvgIpc) is 2.20. The first-order valence-electron chi connectivity index (χ1n) is 5.47. The van der Waals surface area contributed by atoms with Crippen LogP contribution in [0.3, 0.4) is 0 Å². The van der Waals surface area contributed by atoms with E-state index in [1.807, 2.05) is 0 Å². The zero-order valence-corrected chi connectivity index (χ0v) is 11.4. The molecule has 0 heterocycles. The lowest BCUT2D eigenvalue weighted by Crippen LogP contribution is -1.94. The second-order valence-electron chi connectivity index (χ2n) is 4.13. The van der Waals surface area contributed by atoms with E-state index in [4.69, 9.17) is 0 Å². The third kappa shape index (κ3) is 3.20. The summed E-state index contributed by atoms with van der Waals surface area (Å²) < 4.78 is 1.28. The lowest BCUT2D eigenvalue weighted by molar-refractivity contribution is 0.933. The molecule has 15 heavy (non-hydrogen) atoms. The van der Waals surface area contributed by atoms with Gasteiger partial charge in [-0.1, -0.05) is 40.6 Å². The highest BCUT2D eigenvalue weighted by Gasteiger charge is 2.06. The van der Waals surface area contributed by atoms with E-state index in [0.717, 1.165) is 19.3 Å². The van der Waals surface area contributed by atoms with Crippen molar-refractivity contribution >= 4 is 15.9 Å². The summed E-state index contributed by atoms with van der Waals surface area (Å²) in [6.07, 6.45) is 3.26. The summed E-state index contributed by atoms with van der Waals surface area (Å²) in [5.74, 6) is 0. The van der Waals surface area contributed by atoms with Crippen molar-refractivity contribution in [2.24, 2.45) is 0 Å². The molecule has 0 aromatic heterocycles. The lowest BCUT2D eigenvalue weighted by atomic mass is 9.99. The normalized spacial score (nSPS) is 10.4. The van der Waals surface area contributed by atoms with Crippen molar-refractivity contribution in [2.45, 2.75) is 40.0 Å². The molecule has 1 heteroatoms. The number of hydrogen-bond donors (Lipinski definition) is 0. The van der Waals surface area contributed by atoms with Gasteiger partial charge in [0.05, 0.1) is 0 Å².